The number of benzene rings is 5. The van der Waals surface area contributed by atoms with E-state index in [1.165, 1.54) is 44.9 Å². The molecule has 0 aliphatic carbocycles. The fourth-order valence-corrected chi connectivity index (χ4v) is 4.37. The Morgan fingerprint density at radius 1 is 0.406 bits per heavy atom. The molecule has 0 heteroatoms. The summed E-state index contributed by atoms with van der Waals surface area (Å²) in [5.74, 6) is 1.34. The quantitative estimate of drug-likeness (QED) is 0.265. The van der Waals surface area contributed by atoms with Gasteiger partial charge in [-0.1, -0.05) is 140 Å². The molecule has 5 aromatic rings. The lowest BCUT2D eigenvalue weighted by atomic mass is 9.81. The average molecular weight is 410 g/mol. The van der Waals surface area contributed by atoms with Crippen LogP contribution >= 0.6 is 0 Å². The minimum absolute atomic E-state index is 0.860. The van der Waals surface area contributed by atoms with Gasteiger partial charge < -0.3 is 0 Å². The molecule has 0 nitrogen and oxygen atoms in total. The van der Waals surface area contributed by atoms with E-state index in [2.05, 4.69) is 140 Å². The van der Waals surface area contributed by atoms with Crippen molar-refractivity contribution in [3.05, 3.63) is 162 Å². The van der Waals surface area contributed by atoms with Gasteiger partial charge in [0.1, 0.15) is 0 Å². The normalized spacial score (nSPS) is 10.9. The molecule has 0 atom stereocenters. The SMILES string of the molecule is c1ccc([C](Cc2ccccc2-c2ccccc2)c2ccccc2-c2ccccc2)cc1. The van der Waals surface area contributed by atoms with E-state index >= 15 is 0 Å². The van der Waals surface area contributed by atoms with Gasteiger partial charge in [-0.05, 0) is 45.4 Å². The standard InChI is InChI=1S/C32H25/c1-4-14-25(15-5-1)29-21-11-10-20-28(29)24-32(27-18-8-3-9-19-27)31-23-13-12-22-30(31)26-16-6-2-7-17-26/h1-23H,24H2. The molecule has 5 rings (SSSR count). The van der Waals surface area contributed by atoms with Gasteiger partial charge in [0, 0.05) is 5.92 Å². The van der Waals surface area contributed by atoms with Crippen LogP contribution in [0.5, 0.6) is 0 Å². The monoisotopic (exact) mass is 409 g/mol. The molecule has 0 saturated carbocycles. The molecule has 0 bridgehead atoms. The maximum absolute atomic E-state index is 2.26. The van der Waals surface area contributed by atoms with E-state index in [0.717, 1.165) is 6.42 Å². The smallest absolute Gasteiger partial charge is 0.0390 e. The minimum atomic E-state index is 0.860. The maximum Gasteiger partial charge on any atom is 0.0390 e. The van der Waals surface area contributed by atoms with Crippen molar-refractivity contribution in [2.75, 3.05) is 0 Å². The second kappa shape index (κ2) is 9.49. The first-order chi connectivity index (χ1) is 15.9. The lowest BCUT2D eigenvalue weighted by molar-refractivity contribution is 1.03. The van der Waals surface area contributed by atoms with E-state index in [1.54, 1.807) is 0 Å². The van der Waals surface area contributed by atoms with Crippen molar-refractivity contribution in [1.29, 1.82) is 0 Å². The lowest BCUT2D eigenvalue weighted by Gasteiger charge is -2.22. The molecule has 0 N–H and O–H groups in total. The summed E-state index contributed by atoms with van der Waals surface area (Å²) in [5, 5.41) is 0. The number of hydrogen-bond donors (Lipinski definition) is 0. The van der Waals surface area contributed by atoms with E-state index in [-0.39, 0.29) is 0 Å². The van der Waals surface area contributed by atoms with Gasteiger partial charge in [0.2, 0.25) is 0 Å². The van der Waals surface area contributed by atoms with E-state index < -0.39 is 0 Å². The average Bonchev–Trinajstić information content (AvgIpc) is 2.89. The van der Waals surface area contributed by atoms with Gasteiger partial charge in [0.05, 0.1) is 0 Å². The first-order valence-electron chi connectivity index (χ1n) is 11.1. The maximum atomic E-state index is 2.26. The Bertz CT molecular complexity index is 1270. The van der Waals surface area contributed by atoms with E-state index in [1.807, 2.05) is 0 Å². The van der Waals surface area contributed by atoms with Crippen molar-refractivity contribution in [3.8, 4) is 22.3 Å². The molecule has 0 aromatic heterocycles. The summed E-state index contributed by atoms with van der Waals surface area (Å²) in [6.07, 6.45) is 0.860. The third-order valence-corrected chi connectivity index (χ3v) is 5.93. The molecule has 0 heterocycles. The first-order valence-corrected chi connectivity index (χ1v) is 11.1. The fourth-order valence-electron chi connectivity index (χ4n) is 4.37. The highest BCUT2D eigenvalue weighted by atomic mass is 14.2. The van der Waals surface area contributed by atoms with Crippen LogP contribution in [-0.2, 0) is 6.42 Å². The molecule has 0 aliphatic rings. The molecular formula is C32H25. The number of rotatable bonds is 6. The predicted octanol–water partition coefficient (Wildman–Crippen LogP) is 8.23. The van der Waals surface area contributed by atoms with Crippen molar-refractivity contribution in [1.82, 2.24) is 0 Å². The van der Waals surface area contributed by atoms with Gasteiger partial charge in [-0.25, -0.2) is 0 Å². The molecule has 0 amide bonds. The van der Waals surface area contributed by atoms with E-state index in [4.69, 9.17) is 0 Å². The summed E-state index contributed by atoms with van der Waals surface area (Å²) in [7, 11) is 0. The van der Waals surface area contributed by atoms with Gasteiger partial charge in [-0.15, -0.1) is 0 Å². The Hall–Kier alpha value is -3.90. The van der Waals surface area contributed by atoms with Crippen LogP contribution in [0.2, 0.25) is 0 Å². The molecule has 0 fully saturated rings. The van der Waals surface area contributed by atoms with Crippen LogP contribution in [0, 0.1) is 5.92 Å². The van der Waals surface area contributed by atoms with Gasteiger partial charge in [-0.2, -0.15) is 0 Å². The van der Waals surface area contributed by atoms with Crippen molar-refractivity contribution in [2.45, 2.75) is 6.42 Å². The molecule has 32 heavy (non-hydrogen) atoms. The van der Waals surface area contributed by atoms with Crippen LogP contribution < -0.4 is 0 Å². The highest BCUT2D eigenvalue weighted by Gasteiger charge is 2.21. The molecule has 0 aliphatic heterocycles. The molecule has 1 radical (unpaired) electrons. The van der Waals surface area contributed by atoms with Crippen molar-refractivity contribution < 1.29 is 0 Å². The summed E-state index contributed by atoms with van der Waals surface area (Å²) in [6.45, 7) is 0. The molecule has 0 spiro atoms. The zero-order chi connectivity index (χ0) is 21.6. The molecule has 5 aromatic carbocycles. The molecule has 153 valence electrons. The van der Waals surface area contributed by atoms with Crippen molar-refractivity contribution in [3.63, 3.8) is 0 Å². The minimum Gasteiger partial charge on any atom is -0.0622 e. The van der Waals surface area contributed by atoms with Crippen molar-refractivity contribution in [2.24, 2.45) is 0 Å². The van der Waals surface area contributed by atoms with E-state index in [9.17, 15) is 0 Å². The van der Waals surface area contributed by atoms with Crippen LogP contribution in [-0.4, -0.2) is 0 Å². The van der Waals surface area contributed by atoms with Gasteiger partial charge in [-0.3, -0.25) is 0 Å². The Morgan fingerprint density at radius 2 is 0.875 bits per heavy atom. The summed E-state index contributed by atoms with van der Waals surface area (Å²) < 4.78 is 0. The predicted molar refractivity (Wildman–Crippen MR) is 135 cm³/mol. The largest absolute Gasteiger partial charge is 0.0622 e. The molecule has 0 saturated heterocycles. The zero-order valence-electron chi connectivity index (χ0n) is 18.0. The summed E-state index contributed by atoms with van der Waals surface area (Å²) in [6, 6.07) is 49.7. The zero-order valence-corrected chi connectivity index (χ0v) is 18.0. The van der Waals surface area contributed by atoms with E-state index in [0.29, 0.717) is 0 Å². The van der Waals surface area contributed by atoms with Crippen LogP contribution in [0.3, 0.4) is 0 Å². The Balaban J connectivity index is 1.64. The second-order valence-electron chi connectivity index (χ2n) is 7.96. The van der Waals surface area contributed by atoms with Gasteiger partial charge in [0.25, 0.3) is 0 Å². The Morgan fingerprint density at radius 3 is 1.53 bits per heavy atom. The molecular weight excluding hydrogens is 384 g/mol. The van der Waals surface area contributed by atoms with Gasteiger partial charge in [0.15, 0.2) is 0 Å². The Kier molecular flexibility index (Phi) is 5.94. The first kappa shape index (κ1) is 20.0. The summed E-state index contributed by atoms with van der Waals surface area (Å²) in [5.41, 5.74) is 8.94. The summed E-state index contributed by atoms with van der Waals surface area (Å²) >= 11 is 0. The van der Waals surface area contributed by atoms with Crippen LogP contribution in [0.4, 0.5) is 0 Å². The fraction of sp³-hybridized carbons (Fsp3) is 0.0312. The molecule has 0 unspecified atom stereocenters. The third-order valence-electron chi connectivity index (χ3n) is 5.93. The Labute approximate surface area is 190 Å². The highest BCUT2D eigenvalue weighted by Crippen LogP contribution is 2.37. The van der Waals surface area contributed by atoms with Gasteiger partial charge >= 0.3 is 0 Å². The number of hydrogen-bond acceptors (Lipinski definition) is 0. The van der Waals surface area contributed by atoms with Crippen molar-refractivity contribution >= 4 is 0 Å². The van der Waals surface area contributed by atoms with Crippen LogP contribution in [0.25, 0.3) is 22.3 Å². The lowest BCUT2D eigenvalue weighted by Crippen LogP contribution is -2.09. The highest BCUT2D eigenvalue weighted by molar-refractivity contribution is 5.74. The second-order valence-corrected chi connectivity index (χ2v) is 7.96. The topological polar surface area (TPSA) is 0 Å². The third kappa shape index (κ3) is 4.26. The van der Waals surface area contributed by atoms with Crippen LogP contribution in [0.15, 0.2) is 140 Å². The summed E-state index contributed by atoms with van der Waals surface area (Å²) in [4.78, 5) is 0. The van der Waals surface area contributed by atoms with Crippen LogP contribution in [0.1, 0.15) is 16.7 Å².